The average Bonchev–Trinajstić information content (AvgIpc) is 2.94. The molecule has 5 heteroatoms. The molecule has 124 valence electrons. The highest BCUT2D eigenvalue weighted by atomic mass is 19.1. The number of rotatable bonds is 6. The Morgan fingerprint density at radius 2 is 2.21 bits per heavy atom. The van der Waals surface area contributed by atoms with Gasteiger partial charge < -0.3 is 9.72 Å². The van der Waals surface area contributed by atoms with Crippen LogP contribution < -0.4 is 0 Å². The van der Waals surface area contributed by atoms with Crippen molar-refractivity contribution in [2.45, 2.75) is 26.2 Å². The van der Waals surface area contributed by atoms with E-state index in [0.717, 1.165) is 35.2 Å². The standard InChI is InChI=1S/C19H19FN2O2/c1-2-3-9-24-18(23)11-16-15-10-14(20)6-7-17(15)22-19(16)13-5-4-8-21-12-13/h4-8,10,12,22H,2-3,9,11H2,1H3. The Hall–Kier alpha value is -2.69. The summed E-state index contributed by atoms with van der Waals surface area (Å²) in [6, 6.07) is 8.25. The van der Waals surface area contributed by atoms with Crippen LogP contribution in [-0.2, 0) is 16.0 Å². The minimum absolute atomic E-state index is 0.0946. The van der Waals surface area contributed by atoms with Gasteiger partial charge >= 0.3 is 5.97 Å². The first-order valence-electron chi connectivity index (χ1n) is 8.05. The van der Waals surface area contributed by atoms with Crippen LogP contribution in [0.4, 0.5) is 4.39 Å². The van der Waals surface area contributed by atoms with Gasteiger partial charge in [0.1, 0.15) is 5.82 Å². The molecule has 0 unspecified atom stereocenters. The molecule has 0 radical (unpaired) electrons. The van der Waals surface area contributed by atoms with E-state index < -0.39 is 0 Å². The Bertz CT molecular complexity index is 843. The first-order valence-corrected chi connectivity index (χ1v) is 8.05. The molecule has 0 aliphatic carbocycles. The molecule has 0 atom stereocenters. The molecule has 2 aromatic heterocycles. The van der Waals surface area contributed by atoms with Crippen molar-refractivity contribution in [3.8, 4) is 11.3 Å². The van der Waals surface area contributed by atoms with Crippen LogP contribution in [0.2, 0.25) is 0 Å². The molecule has 1 N–H and O–H groups in total. The van der Waals surface area contributed by atoms with Crippen LogP contribution in [0.1, 0.15) is 25.3 Å². The van der Waals surface area contributed by atoms with Gasteiger partial charge in [-0.2, -0.15) is 0 Å². The number of unbranched alkanes of at least 4 members (excludes halogenated alkanes) is 1. The highest BCUT2D eigenvalue weighted by molar-refractivity contribution is 5.94. The first-order chi connectivity index (χ1) is 11.7. The van der Waals surface area contributed by atoms with Crippen molar-refractivity contribution in [2.24, 2.45) is 0 Å². The number of esters is 1. The van der Waals surface area contributed by atoms with E-state index in [9.17, 15) is 9.18 Å². The molecule has 0 aliphatic rings. The van der Waals surface area contributed by atoms with Gasteiger partial charge in [-0.25, -0.2) is 4.39 Å². The molecule has 3 aromatic rings. The van der Waals surface area contributed by atoms with Crippen molar-refractivity contribution in [2.75, 3.05) is 6.61 Å². The fourth-order valence-corrected chi connectivity index (χ4v) is 2.69. The summed E-state index contributed by atoms with van der Waals surface area (Å²) < 4.78 is 18.9. The van der Waals surface area contributed by atoms with Crippen LogP contribution >= 0.6 is 0 Å². The zero-order valence-corrected chi connectivity index (χ0v) is 13.5. The summed E-state index contributed by atoms with van der Waals surface area (Å²) in [5, 5.41) is 0.696. The zero-order chi connectivity index (χ0) is 16.9. The van der Waals surface area contributed by atoms with Gasteiger partial charge in [0.25, 0.3) is 0 Å². The Labute approximate surface area is 139 Å². The summed E-state index contributed by atoms with van der Waals surface area (Å²) in [7, 11) is 0. The third kappa shape index (κ3) is 3.45. The molecule has 0 bridgehead atoms. The van der Waals surface area contributed by atoms with E-state index in [1.165, 1.54) is 12.1 Å². The molecule has 24 heavy (non-hydrogen) atoms. The number of fused-ring (bicyclic) bond motifs is 1. The fraction of sp³-hybridized carbons (Fsp3) is 0.263. The minimum atomic E-state index is -0.333. The average molecular weight is 326 g/mol. The van der Waals surface area contributed by atoms with Gasteiger partial charge in [0, 0.05) is 28.9 Å². The number of hydrogen-bond donors (Lipinski definition) is 1. The number of pyridine rings is 1. The lowest BCUT2D eigenvalue weighted by Crippen LogP contribution is -2.09. The topological polar surface area (TPSA) is 55.0 Å². The lowest BCUT2D eigenvalue weighted by Gasteiger charge is -2.06. The van der Waals surface area contributed by atoms with E-state index in [1.54, 1.807) is 18.5 Å². The number of H-pyrrole nitrogens is 1. The van der Waals surface area contributed by atoms with Crippen LogP contribution in [0.25, 0.3) is 22.2 Å². The molecular weight excluding hydrogens is 307 g/mol. The van der Waals surface area contributed by atoms with Gasteiger partial charge in [0.2, 0.25) is 0 Å². The summed E-state index contributed by atoms with van der Waals surface area (Å²) in [6.07, 6.45) is 5.30. The number of ether oxygens (including phenoxy) is 1. The third-order valence-electron chi connectivity index (χ3n) is 3.90. The van der Waals surface area contributed by atoms with Gasteiger partial charge in [-0.05, 0) is 42.3 Å². The highest BCUT2D eigenvalue weighted by Gasteiger charge is 2.17. The van der Waals surface area contributed by atoms with E-state index in [-0.39, 0.29) is 18.2 Å². The van der Waals surface area contributed by atoms with E-state index in [4.69, 9.17) is 4.74 Å². The Kier molecular flexibility index (Phi) is 4.89. The smallest absolute Gasteiger partial charge is 0.310 e. The maximum atomic E-state index is 13.7. The summed E-state index contributed by atoms with van der Waals surface area (Å²) in [5.74, 6) is -0.640. The molecule has 0 amide bonds. The minimum Gasteiger partial charge on any atom is -0.465 e. The number of halogens is 1. The number of carbonyl (C=O) groups is 1. The molecule has 3 rings (SSSR count). The number of nitrogens with zero attached hydrogens (tertiary/aromatic N) is 1. The number of benzene rings is 1. The van der Waals surface area contributed by atoms with Gasteiger partial charge in [0.05, 0.1) is 18.7 Å². The van der Waals surface area contributed by atoms with Crippen molar-refractivity contribution >= 4 is 16.9 Å². The molecule has 0 spiro atoms. The summed E-state index contributed by atoms with van der Waals surface area (Å²) >= 11 is 0. The SMILES string of the molecule is CCCCOC(=O)Cc1c(-c2cccnc2)[nH]c2ccc(F)cc12. The first kappa shape index (κ1) is 16.2. The second-order valence-corrected chi connectivity index (χ2v) is 5.66. The van der Waals surface area contributed by atoms with Gasteiger partial charge in [-0.15, -0.1) is 0 Å². The second kappa shape index (κ2) is 7.25. The molecule has 2 heterocycles. The second-order valence-electron chi connectivity index (χ2n) is 5.66. The number of hydrogen-bond acceptors (Lipinski definition) is 3. The van der Waals surface area contributed by atoms with Gasteiger partial charge in [-0.1, -0.05) is 13.3 Å². The predicted molar refractivity (Wildman–Crippen MR) is 91.1 cm³/mol. The largest absolute Gasteiger partial charge is 0.465 e. The van der Waals surface area contributed by atoms with Crippen molar-refractivity contribution in [3.63, 3.8) is 0 Å². The number of nitrogens with one attached hydrogen (secondary N) is 1. The molecule has 0 saturated heterocycles. The molecular formula is C19H19FN2O2. The molecule has 4 nitrogen and oxygen atoms in total. The van der Waals surface area contributed by atoms with Gasteiger partial charge in [0.15, 0.2) is 0 Å². The summed E-state index contributed by atoms with van der Waals surface area (Å²) in [4.78, 5) is 19.5. The Morgan fingerprint density at radius 3 is 2.96 bits per heavy atom. The summed E-state index contributed by atoms with van der Waals surface area (Å²) in [6.45, 7) is 2.45. The van der Waals surface area contributed by atoms with Crippen molar-refractivity contribution in [1.82, 2.24) is 9.97 Å². The molecule has 0 aliphatic heterocycles. The number of aromatic amines is 1. The predicted octanol–water partition coefficient (Wildman–Crippen LogP) is 4.25. The van der Waals surface area contributed by atoms with Crippen molar-refractivity contribution in [1.29, 1.82) is 0 Å². The zero-order valence-electron chi connectivity index (χ0n) is 13.5. The van der Waals surface area contributed by atoms with Crippen LogP contribution in [0, 0.1) is 5.82 Å². The van der Waals surface area contributed by atoms with Crippen molar-refractivity contribution < 1.29 is 13.9 Å². The molecule has 0 saturated carbocycles. The highest BCUT2D eigenvalue weighted by Crippen LogP contribution is 2.31. The van der Waals surface area contributed by atoms with E-state index >= 15 is 0 Å². The van der Waals surface area contributed by atoms with E-state index in [2.05, 4.69) is 9.97 Å². The lowest BCUT2D eigenvalue weighted by molar-refractivity contribution is -0.142. The number of aromatic nitrogens is 2. The molecule has 0 fully saturated rings. The Morgan fingerprint density at radius 1 is 1.33 bits per heavy atom. The maximum absolute atomic E-state index is 13.7. The van der Waals surface area contributed by atoms with E-state index in [0.29, 0.717) is 12.0 Å². The van der Waals surface area contributed by atoms with Crippen LogP contribution in [0.3, 0.4) is 0 Å². The number of carbonyl (C=O) groups excluding carboxylic acids is 1. The normalized spacial score (nSPS) is 10.9. The molecule has 1 aromatic carbocycles. The van der Waals surface area contributed by atoms with Crippen LogP contribution in [-0.4, -0.2) is 22.5 Å². The van der Waals surface area contributed by atoms with Gasteiger partial charge in [-0.3, -0.25) is 9.78 Å². The monoisotopic (exact) mass is 326 g/mol. The quantitative estimate of drug-likeness (QED) is 0.544. The van der Waals surface area contributed by atoms with Crippen molar-refractivity contribution in [3.05, 3.63) is 54.1 Å². The fourth-order valence-electron chi connectivity index (χ4n) is 2.69. The van der Waals surface area contributed by atoms with E-state index in [1.807, 2.05) is 19.1 Å². The third-order valence-corrected chi connectivity index (χ3v) is 3.90. The Balaban J connectivity index is 1.99. The summed E-state index contributed by atoms with van der Waals surface area (Å²) in [5.41, 5.74) is 3.15. The van der Waals surface area contributed by atoms with Crippen LogP contribution in [0.5, 0.6) is 0 Å². The lowest BCUT2D eigenvalue weighted by atomic mass is 10.0. The maximum Gasteiger partial charge on any atom is 0.310 e. The van der Waals surface area contributed by atoms with Crippen LogP contribution in [0.15, 0.2) is 42.7 Å².